The molecule has 2 aromatic heterocycles. The van der Waals surface area contributed by atoms with E-state index in [9.17, 15) is 13.2 Å². The number of H-pyrrole nitrogens is 2. The predicted octanol–water partition coefficient (Wildman–Crippen LogP) is 7.56. The minimum Gasteiger partial charge on any atom is -0.355 e. The summed E-state index contributed by atoms with van der Waals surface area (Å²) >= 11 is 0. The molecule has 30 heavy (non-hydrogen) atoms. The number of aromatic amines is 2. The molecular weight excluding hydrogens is 385 g/mol. The van der Waals surface area contributed by atoms with Crippen LogP contribution in [0.4, 0.5) is 13.2 Å². The van der Waals surface area contributed by atoms with E-state index >= 15 is 0 Å². The van der Waals surface area contributed by atoms with E-state index in [1.807, 2.05) is 48.5 Å². The lowest BCUT2D eigenvalue weighted by Gasteiger charge is -2.12. The molecule has 0 unspecified atom stereocenters. The van der Waals surface area contributed by atoms with Gasteiger partial charge in [0.15, 0.2) is 0 Å². The van der Waals surface area contributed by atoms with Gasteiger partial charge in [0.05, 0.1) is 5.56 Å². The second kappa shape index (κ2) is 6.80. The topological polar surface area (TPSA) is 31.6 Å². The van der Waals surface area contributed by atoms with Gasteiger partial charge in [0.2, 0.25) is 0 Å². The Labute approximate surface area is 171 Å². The number of rotatable bonds is 3. The second-order valence-corrected chi connectivity index (χ2v) is 7.44. The van der Waals surface area contributed by atoms with E-state index in [-0.39, 0.29) is 0 Å². The minimum absolute atomic E-state index is 0.519. The van der Waals surface area contributed by atoms with Crippen LogP contribution >= 0.6 is 0 Å². The summed E-state index contributed by atoms with van der Waals surface area (Å²) in [7, 11) is 0. The van der Waals surface area contributed by atoms with E-state index in [2.05, 4.69) is 23.0 Å². The molecule has 0 atom stereocenters. The lowest BCUT2D eigenvalue weighted by molar-refractivity contribution is -0.137. The van der Waals surface area contributed by atoms with Gasteiger partial charge in [0.1, 0.15) is 0 Å². The van der Waals surface area contributed by atoms with Crippen LogP contribution in [0.2, 0.25) is 0 Å². The first-order valence-corrected chi connectivity index (χ1v) is 9.84. The molecule has 0 aliphatic heterocycles. The molecule has 150 valence electrons. The Hall–Kier alpha value is -3.47. The van der Waals surface area contributed by atoms with Gasteiger partial charge in [-0.25, -0.2) is 0 Å². The highest BCUT2D eigenvalue weighted by Crippen LogP contribution is 2.39. The number of aryl methyl sites for hydroxylation is 1. The monoisotopic (exact) mass is 404 g/mol. The van der Waals surface area contributed by atoms with E-state index in [0.717, 1.165) is 45.6 Å². The van der Waals surface area contributed by atoms with E-state index in [1.54, 1.807) is 6.07 Å². The Bertz CT molecular complexity index is 1340. The first kappa shape index (κ1) is 18.6. The molecule has 5 aromatic rings. The number of hydrogen-bond acceptors (Lipinski definition) is 0. The van der Waals surface area contributed by atoms with Crippen LogP contribution in [0.5, 0.6) is 0 Å². The highest BCUT2D eigenvalue weighted by molar-refractivity contribution is 5.94. The third kappa shape index (κ3) is 3.07. The Balaban J connectivity index is 1.76. The molecule has 0 aliphatic rings. The number of alkyl halides is 3. The molecule has 0 aliphatic carbocycles. The summed E-state index contributed by atoms with van der Waals surface area (Å²) in [6.45, 7) is 2.09. The van der Waals surface area contributed by atoms with Crippen molar-refractivity contribution >= 4 is 21.8 Å². The van der Waals surface area contributed by atoms with Gasteiger partial charge in [-0.15, -0.1) is 0 Å². The summed E-state index contributed by atoms with van der Waals surface area (Å²) in [5.41, 5.74) is 5.12. The maximum Gasteiger partial charge on any atom is 0.416 e. The van der Waals surface area contributed by atoms with Gasteiger partial charge in [-0.05, 0) is 48.4 Å². The number of halogens is 3. The van der Waals surface area contributed by atoms with E-state index in [0.29, 0.717) is 11.3 Å². The summed E-state index contributed by atoms with van der Waals surface area (Å²) in [5, 5.41) is 2.05. The van der Waals surface area contributed by atoms with Crippen LogP contribution in [0.25, 0.3) is 44.3 Å². The van der Waals surface area contributed by atoms with E-state index in [1.165, 1.54) is 11.6 Å². The van der Waals surface area contributed by atoms with Gasteiger partial charge in [0.25, 0.3) is 0 Å². The Morgan fingerprint density at radius 3 is 2.23 bits per heavy atom. The summed E-state index contributed by atoms with van der Waals surface area (Å²) < 4.78 is 40.4. The molecular formula is C25H19F3N2. The highest BCUT2D eigenvalue weighted by Gasteiger charge is 2.31. The third-order valence-corrected chi connectivity index (χ3v) is 5.59. The van der Waals surface area contributed by atoms with Gasteiger partial charge < -0.3 is 9.97 Å². The third-order valence-electron chi connectivity index (χ3n) is 5.59. The van der Waals surface area contributed by atoms with Crippen molar-refractivity contribution in [2.75, 3.05) is 0 Å². The van der Waals surface area contributed by atoms with Gasteiger partial charge >= 0.3 is 6.18 Å². The van der Waals surface area contributed by atoms with Crippen LogP contribution in [0, 0.1) is 0 Å². The number of fused-ring (bicyclic) bond motifs is 2. The van der Waals surface area contributed by atoms with E-state index < -0.39 is 11.7 Å². The SMILES string of the molecule is CCc1cccc2[nH]c(-c3ccc(C(F)(F)F)cc3-c3cc4ccccc4[nH]3)cc12. The molecule has 0 radical (unpaired) electrons. The number of hydrogen-bond donors (Lipinski definition) is 2. The summed E-state index contributed by atoms with van der Waals surface area (Å²) in [4.78, 5) is 6.67. The molecule has 0 spiro atoms. The van der Waals surface area contributed by atoms with Gasteiger partial charge in [-0.2, -0.15) is 13.2 Å². The first-order chi connectivity index (χ1) is 14.4. The molecule has 3 aromatic carbocycles. The molecule has 5 rings (SSSR count). The summed E-state index contributed by atoms with van der Waals surface area (Å²) in [5.74, 6) is 0. The van der Waals surface area contributed by atoms with Crippen LogP contribution in [0.15, 0.2) is 72.8 Å². The molecule has 0 amide bonds. The normalized spacial score (nSPS) is 12.1. The van der Waals surface area contributed by atoms with Gasteiger partial charge in [0, 0.05) is 44.3 Å². The molecule has 2 N–H and O–H groups in total. The first-order valence-electron chi connectivity index (χ1n) is 9.84. The quantitative estimate of drug-likeness (QED) is 0.311. The molecule has 0 bridgehead atoms. The van der Waals surface area contributed by atoms with E-state index in [4.69, 9.17) is 0 Å². The van der Waals surface area contributed by atoms with Gasteiger partial charge in [-0.1, -0.05) is 43.3 Å². The summed E-state index contributed by atoms with van der Waals surface area (Å²) in [6.07, 6.45) is -3.52. The fraction of sp³-hybridized carbons (Fsp3) is 0.120. The predicted molar refractivity (Wildman–Crippen MR) is 115 cm³/mol. The van der Waals surface area contributed by atoms with Crippen molar-refractivity contribution in [3.63, 3.8) is 0 Å². The standard InChI is InChI=1S/C25H19F3N2/c1-2-15-7-5-9-22-19(15)14-24(30-22)18-11-10-17(25(26,27)28)13-20(18)23-12-16-6-3-4-8-21(16)29-23/h3-14,29-30H,2H2,1H3. The van der Waals surface area contributed by atoms with Gasteiger partial charge in [-0.3, -0.25) is 0 Å². The molecule has 2 heterocycles. The molecule has 0 fully saturated rings. The van der Waals surface area contributed by atoms with Crippen LogP contribution in [0.3, 0.4) is 0 Å². The maximum atomic E-state index is 13.5. The second-order valence-electron chi connectivity index (χ2n) is 7.44. The van der Waals surface area contributed by atoms with Crippen LogP contribution < -0.4 is 0 Å². The van der Waals surface area contributed by atoms with Crippen molar-refractivity contribution in [2.24, 2.45) is 0 Å². The largest absolute Gasteiger partial charge is 0.416 e. The zero-order valence-corrected chi connectivity index (χ0v) is 16.3. The fourth-order valence-electron chi connectivity index (χ4n) is 4.07. The Morgan fingerprint density at radius 1 is 0.733 bits per heavy atom. The molecule has 0 saturated heterocycles. The van der Waals surface area contributed by atoms with Crippen molar-refractivity contribution in [1.29, 1.82) is 0 Å². The molecule has 5 heteroatoms. The molecule has 0 saturated carbocycles. The average molecular weight is 404 g/mol. The van der Waals surface area contributed by atoms with Crippen LogP contribution in [-0.4, -0.2) is 9.97 Å². The number of nitrogens with one attached hydrogen (secondary N) is 2. The maximum absolute atomic E-state index is 13.5. The average Bonchev–Trinajstić information content (AvgIpc) is 3.36. The Kier molecular flexibility index (Phi) is 4.21. The van der Waals surface area contributed by atoms with Crippen molar-refractivity contribution in [3.05, 3.63) is 83.9 Å². The zero-order chi connectivity index (χ0) is 20.9. The highest BCUT2D eigenvalue weighted by atomic mass is 19.4. The van der Waals surface area contributed by atoms with Crippen LogP contribution in [0.1, 0.15) is 18.1 Å². The lowest BCUT2D eigenvalue weighted by atomic mass is 9.98. The number of aromatic nitrogens is 2. The minimum atomic E-state index is -4.41. The lowest BCUT2D eigenvalue weighted by Crippen LogP contribution is -2.05. The zero-order valence-electron chi connectivity index (χ0n) is 16.3. The van der Waals surface area contributed by atoms with Crippen molar-refractivity contribution < 1.29 is 13.2 Å². The van der Waals surface area contributed by atoms with Crippen molar-refractivity contribution in [1.82, 2.24) is 9.97 Å². The smallest absolute Gasteiger partial charge is 0.355 e. The number of benzene rings is 3. The fourth-order valence-corrected chi connectivity index (χ4v) is 4.07. The number of para-hydroxylation sites is 1. The molecule has 2 nitrogen and oxygen atoms in total. The Morgan fingerprint density at radius 2 is 1.47 bits per heavy atom. The van der Waals surface area contributed by atoms with Crippen LogP contribution in [-0.2, 0) is 12.6 Å². The van der Waals surface area contributed by atoms with Crippen molar-refractivity contribution in [3.8, 4) is 22.5 Å². The van der Waals surface area contributed by atoms with Crippen molar-refractivity contribution in [2.45, 2.75) is 19.5 Å². The summed E-state index contributed by atoms with van der Waals surface area (Å²) in [6, 6.07) is 21.6.